The molecule has 4 aromatic rings. The predicted molar refractivity (Wildman–Crippen MR) is 127 cm³/mol. The van der Waals surface area contributed by atoms with E-state index in [1.165, 1.54) is 22.9 Å². The Hall–Kier alpha value is -4.31. The van der Waals surface area contributed by atoms with E-state index in [4.69, 9.17) is 17.3 Å². The summed E-state index contributed by atoms with van der Waals surface area (Å²) in [6, 6.07) is 12.3. The van der Waals surface area contributed by atoms with Crippen LogP contribution in [-0.4, -0.2) is 26.8 Å². The zero-order valence-electron chi connectivity index (χ0n) is 18.3. The smallest absolute Gasteiger partial charge is 0.312 e. The second-order valence-corrected chi connectivity index (χ2v) is 8.05. The molecular formula is C24H19ClF2N6O2. The lowest BCUT2D eigenvalue weighted by Gasteiger charge is -2.12. The molecule has 11 heteroatoms. The molecule has 0 aliphatic rings. The highest BCUT2D eigenvalue weighted by Gasteiger charge is 2.17. The Morgan fingerprint density at radius 1 is 1.06 bits per heavy atom. The highest BCUT2D eigenvalue weighted by Crippen LogP contribution is 2.28. The van der Waals surface area contributed by atoms with Crippen molar-refractivity contribution in [1.29, 1.82) is 0 Å². The Kier molecular flexibility index (Phi) is 6.74. The SMILES string of the molecule is Cc1ccc(-n2cc(CNC(N)=O)nn2)cc1C(=O)c1ccc(Nc2ccc(F)cc2F)cc1Cl. The quantitative estimate of drug-likeness (QED) is 0.322. The summed E-state index contributed by atoms with van der Waals surface area (Å²) >= 11 is 6.39. The Morgan fingerprint density at radius 3 is 2.57 bits per heavy atom. The molecule has 0 fully saturated rings. The summed E-state index contributed by atoms with van der Waals surface area (Å²) in [5, 5.41) is 13.4. The second-order valence-electron chi connectivity index (χ2n) is 7.64. The minimum absolute atomic E-state index is 0.0725. The molecule has 4 N–H and O–H groups in total. The second kappa shape index (κ2) is 9.90. The number of anilines is 2. The summed E-state index contributed by atoms with van der Waals surface area (Å²) in [5.74, 6) is -1.76. The lowest BCUT2D eigenvalue weighted by molar-refractivity contribution is 0.103. The van der Waals surface area contributed by atoms with E-state index in [-0.39, 0.29) is 28.6 Å². The minimum atomic E-state index is -0.754. The van der Waals surface area contributed by atoms with E-state index in [1.54, 1.807) is 37.4 Å². The maximum absolute atomic E-state index is 13.9. The number of nitrogens with two attached hydrogens (primary N) is 1. The van der Waals surface area contributed by atoms with Crippen LogP contribution in [0, 0.1) is 18.6 Å². The van der Waals surface area contributed by atoms with Crippen LogP contribution < -0.4 is 16.4 Å². The van der Waals surface area contributed by atoms with Crippen LogP contribution in [0.15, 0.2) is 60.8 Å². The molecule has 0 radical (unpaired) electrons. The third-order valence-electron chi connectivity index (χ3n) is 5.14. The van der Waals surface area contributed by atoms with E-state index in [9.17, 15) is 18.4 Å². The third-order valence-corrected chi connectivity index (χ3v) is 5.45. The van der Waals surface area contributed by atoms with Crippen molar-refractivity contribution in [3.8, 4) is 5.69 Å². The summed E-state index contributed by atoms with van der Waals surface area (Å²) in [4.78, 5) is 24.2. The molecular weight excluding hydrogens is 478 g/mol. The zero-order chi connectivity index (χ0) is 25.1. The van der Waals surface area contributed by atoms with Gasteiger partial charge in [0, 0.05) is 22.9 Å². The largest absolute Gasteiger partial charge is 0.353 e. The maximum Gasteiger partial charge on any atom is 0.312 e. The summed E-state index contributed by atoms with van der Waals surface area (Å²) < 4.78 is 28.5. The molecule has 0 aliphatic carbocycles. The molecule has 0 aliphatic heterocycles. The Labute approximate surface area is 203 Å². The first-order chi connectivity index (χ1) is 16.7. The number of hydrogen-bond donors (Lipinski definition) is 3. The lowest BCUT2D eigenvalue weighted by Crippen LogP contribution is -2.28. The van der Waals surface area contributed by atoms with Gasteiger partial charge >= 0.3 is 6.03 Å². The van der Waals surface area contributed by atoms with Gasteiger partial charge in [0.15, 0.2) is 5.78 Å². The summed E-state index contributed by atoms with van der Waals surface area (Å²) in [7, 11) is 0. The van der Waals surface area contributed by atoms with E-state index in [1.807, 2.05) is 0 Å². The van der Waals surface area contributed by atoms with Crippen molar-refractivity contribution >= 4 is 34.8 Å². The molecule has 0 bridgehead atoms. The van der Waals surface area contributed by atoms with Crippen LogP contribution >= 0.6 is 11.6 Å². The molecule has 0 saturated heterocycles. The van der Waals surface area contributed by atoms with Gasteiger partial charge in [-0.15, -0.1) is 5.10 Å². The standard InChI is InChI=1S/C24H19ClF2N6O2/c1-13-2-5-17(33-12-16(31-32-33)11-29-24(28)35)10-19(13)23(34)18-6-4-15(9-20(18)25)30-22-7-3-14(26)8-21(22)27/h2-10,12,30H,11H2,1H3,(H3,28,29,35). The number of ketones is 1. The van der Waals surface area contributed by atoms with Gasteiger partial charge in [0.1, 0.15) is 17.3 Å². The fourth-order valence-corrected chi connectivity index (χ4v) is 3.62. The van der Waals surface area contributed by atoms with Crippen LogP contribution in [-0.2, 0) is 6.54 Å². The van der Waals surface area contributed by atoms with Gasteiger partial charge in [-0.05, 0) is 55.0 Å². The van der Waals surface area contributed by atoms with E-state index in [0.29, 0.717) is 22.6 Å². The van der Waals surface area contributed by atoms with E-state index >= 15 is 0 Å². The van der Waals surface area contributed by atoms with Gasteiger partial charge in [-0.1, -0.05) is 22.9 Å². The highest BCUT2D eigenvalue weighted by atomic mass is 35.5. The molecule has 0 atom stereocenters. The van der Waals surface area contributed by atoms with Gasteiger partial charge in [0.2, 0.25) is 0 Å². The fourth-order valence-electron chi connectivity index (χ4n) is 3.35. The number of rotatable bonds is 7. The first-order valence-electron chi connectivity index (χ1n) is 10.3. The van der Waals surface area contributed by atoms with E-state index in [0.717, 1.165) is 17.7 Å². The average Bonchev–Trinajstić information content (AvgIpc) is 3.29. The van der Waals surface area contributed by atoms with Gasteiger partial charge in [0.25, 0.3) is 0 Å². The third kappa shape index (κ3) is 5.44. The number of aromatic nitrogens is 3. The first kappa shape index (κ1) is 23.8. The van der Waals surface area contributed by atoms with Crippen LogP contribution in [0.2, 0.25) is 5.02 Å². The number of amides is 2. The number of nitrogens with zero attached hydrogens (tertiary/aromatic N) is 3. The summed E-state index contributed by atoms with van der Waals surface area (Å²) in [5.41, 5.74) is 8.02. The lowest BCUT2D eigenvalue weighted by atomic mass is 9.98. The molecule has 2 amide bonds. The van der Waals surface area contributed by atoms with Crippen LogP contribution in [0.3, 0.4) is 0 Å². The van der Waals surface area contributed by atoms with Crippen LogP contribution in [0.4, 0.5) is 25.0 Å². The van der Waals surface area contributed by atoms with Gasteiger partial charge in [0.05, 0.1) is 29.1 Å². The Balaban J connectivity index is 1.57. The van der Waals surface area contributed by atoms with Crippen molar-refractivity contribution < 1.29 is 18.4 Å². The van der Waals surface area contributed by atoms with Crippen molar-refractivity contribution in [2.24, 2.45) is 5.73 Å². The Morgan fingerprint density at radius 2 is 1.86 bits per heavy atom. The highest BCUT2D eigenvalue weighted by molar-refractivity contribution is 6.35. The normalized spacial score (nSPS) is 10.7. The van der Waals surface area contributed by atoms with Crippen molar-refractivity contribution in [3.63, 3.8) is 0 Å². The maximum atomic E-state index is 13.9. The number of primary amides is 1. The number of hydrogen-bond acceptors (Lipinski definition) is 5. The molecule has 0 saturated carbocycles. The summed E-state index contributed by atoms with van der Waals surface area (Å²) in [6.45, 7) is 1.91. The van der Waals surface area contributed by atoms with Gasteiger partial charge < -0.3 is 16.4 Å². The van der Waals surface area contributed by atoms with E-state index < -0.39 is 17.7 Å². The van der Waals surface area contributed by atoms with Gasteiger partial charge in [-0.25, -0.2) is 18.3 Å². The van der Waals surface area contributed by atoms with Crippen molar-refractivity contribution in [3.05, 3.63) is 99.8 Å². The topological polar surface area (TPSA) is 115 Å². The number of aryl methyl sites for hydroxylation is 1. The molecule has 8 nitrogen and oxygen atoms in total. The van der Waals surface area contributed by atoms with Crippen LogP contribution in [0.5, 0.6) is 0 Å². The Bertz CT molecular complexity index is 1440. The molecule has 0 unspecified atom stereocenters. The molecule has 0 spiro atoms. The number of carbonyl (C=O) groups excluding carboxylic acids is 2. The van der Waals surface area contributed by atoms with Gasteiger partial charge in [-0.3, -0.25) is 4.79 Å². The number of benzene rings is 3. The number of nitrogens with one attached hydrogen (secondary N) is 2. The van der Waals surface area contributed by atoms with Crippen LogP contribution in [0.25, 0.3) is 5.69 Å². The van der Waals surface area contributed by atoms with Crippen LogP contribution in [0.1, 0.15) is 27.2 Å². The fraction of sp³-hybridized carbons (Fsp3) is 0.0833. The number of urea groups is 1. The number of carbonyl (C=O) groups is 2. The van der Waals surface area contributed by atoms with Crippen molar-refractivity contribution in [2.45, 2.75) is 13.5 Å². The average molecular weight is 497 g/mol. The zero-order valence-corrected chi connectivity index (χ0v) is 19.1. The van der Waals surface area contributed by atoms with E-state index in [2.05, 4.69) is 20.9 Å². The monoisotopic (exact) mass is 496 g/mol. The molecule has 4 rings (SSSR count). The van der Waals surface area contributed by atoms with Crippen molar-refractivity contribution in [2.75, 3.05) is 5.32 Å². The minimum Gasteiger partial charge on any atom is -0.353 e. The molecule has 1 heterocycles. The molecule has 1 aromatic heterocycles. The predicted octanol–water partition coefficient (Wildman–Crippen LogP) is 4.65. The number of halogens is 3. The molecule has 3 aromatic carbocycles. The first-order valence-corrected chi connectivity index (χ1v) is 10.7. The van der Waals surface area contributed by atoms with Crippen molar-refractivity contribution in [1.82, 2.24) is 20.3 Å². The van der Waals surface area contributed by atoms with Gasteiger partial charge in [-0.2, -0.15) is 0 Å². The molecule has 178 valence electrons. The molecule has 35 heavy (non-hydrogen) atoms. The summed E-state index contributed by atoms with van der Waals surface area (Å²) in [6.07, 6.45) is 1.61.